The number of aryl methyl sites for hydroxylation is 2. The molecule has 92 valence electrons. The summed E-state index contributed by atoms with van der Waals surface area (Å²) >= 11 is 0. The van der Waals surface area contributed by atoms with Crippen molar-refractivity contribution in [3.8, 4) is 0 Å². The maximum absolute atomic E-state index is 4.16. The molecule has 17 heavy (non-hydrogen) atoms. The normalized spacial score (nSPS) is 12.8. The Morgan fingerprint density at radius 2 is 2.35 bits per heavy atom. The molecule has 2 heterocycles. The molecule has 6 heteroatoms. The predicted octanol–water partition coefficient (Wildman–Crippen LogP) is 0.752. The molecule has 0 saturated heterocycles. The minimum absolute atomic E-state index is 0.333. The lowest BCUT2D eigenvalue weighted by Crippen LogP contribution is -2.20. The van der Waals surface area contributed by atoms with Gasteiger partial charge >= 0.3 is 0 Å². The summed E-state index contributed by atoms with van der Waals surface area (Å²) in [5.74, 6) is 0. The van der Waals surface area contributed by atoms with E-state index in [9.17, 15) is 0 Å². The van der Waals surface area contributed by atoms with Crippen LogP contribution in [0, 0.1) is 0 Å². The van der Waals surface area contributed by atoms with Crippen molar-refractivity contribution in [2.45, 2.75) is 25.9 Å². The number of rotatable bonds is 6. The molecular weight excluding hydrogens is 216 g/mol. The number of hydrogen-bond donors (Lipinski definition) is 1. The first-order valence-corrected chi connectivity index (χ1v) is 5.82. The Bertz CT molecular complexity index is 433. The molecule has 6 nitrogen and oxygen atoms in total. The third-order valence-corrected chi connectivity index (χ3v) is 2.71. The second-order valence-electron chi connectivity index (χ2n) is 4.14. The van der Waals surface area contributed by atoms with Gasteiger partial charge in [0.2, 0.25) is 0 Å². The zero-order valence-corrected chi connectivity index (χ0v) is 10.2. The van der Waals surface area contributed by atoms with Crippen molar-refractivity contribution in [2.24, 2.45) is 7.05 Å². The van der Waals surface area contributed by atoms with Gasteiger partial charge in [0.25, 0.3) is 0 Å². The van der Waals surface area contributed by atoms with E-state index in [0.29, 0.717) is 6.04 Å². The Kier molecular flexibility index (Phi) is 3.87. The van der Waals surface area contributed by atoms with Crippen molar-refractivity contribution in [3.63, 3.8) is 0 Å². The zero-order chi connectivity index (χ0) is 12.1. The first-order valence-electron chi connectivity index (χ1n) is 5.82. The van der Waals surface area contributed by atoms with Gasteiger partial charge in [0, 0.05) is 37.6 Å². The van der Waals surface area contributed by atoms with Gasteiger partial charge in [0.05, 0.1) is 12.4 Å². The highest BCUT2D eigenvalue weighted by atomic mass is 15.4. The van der Waals surface area contributed by atoms with E-state index >= 15 is 0 Å². The van der Waals surface area contributed by atoms with Crippen LogP contribution in [0.5, 0.6) is 0 Å². The Hall–Kier alpha value is -1.69. The fourth-order valence-electron chi connectivity index (χ4n) is 1.69. The average Bonchev–Trinajstić information content (AvgIpc) is 2.95. The maximum atomic E-state index is 4.16. The van der Waals surface area contributed by atoms with Crippen LogP contribution in [-0.4, -0.2) is 31.3 Å². The smallest absolute Gasteiger partial charge is 0.0692 e. The molecule has 0 saturated carbocycles. The first-order chi connectivity index (χ1) is 8.25. The Morgan fingerprint density at radius 3 is 3.00 bits per heavy atom. The van der Waals surface area contributed by atoms with Crippen molar-refractivity contribution in [3.05, 3.63) is 30.4 Å². The van der Waals surface area contributed by atoms with Crippen molar-refractivity contribution in [2.75, 3.05) is 6.54 Å². The van der Waals surface area contributed by atoms with Crippen molar-refractivity contribution in [1.82, 2.24) is 30.1 Å². The Labute approximate surface area is 101 Å². The summed E-state index contributed by atoms with van der Waals surface area (Å²) in [6, 6.07) is 0.333. The molecular formula is C11H18N6. The molecule has 0 aliphatic rings. The number of aromatic nitrogens is 5. The van der Waals surface area contributed by atoms with Gasteiger partial charge < -0.3 is 5.32 Å². The average molecular weight is 234 g/mol. The van der Waals surface area contributed by atoms with Crippen LogP contribution in [0.1, 0.15) is 24.9 Å². The third-order valence-electron chi connectivity index (χ3n) is 2.71. The van der Waals surface area contributed by atoms with Crippen LogP contribution in [0.15, 0.2) is 24.8 Å². The molecule has 0 aromatic carbocycles. The van der Waals surface area contributed by atoms with E-state index in [0.717, 1.165) is 19.5 Å². The third kappa shape index (κ3) is 3.39. The van der Waals surface area contributed by atoms with Crippen LogP contribution < -0.4 is 5.32 Å². The summed E-state index contributed by atoms with van der Waals surface area (Å²) in [5, 5.41) is 15.3. The molecule has 0 aliphatic carbocycles. The highest BCUT2D eigenvalue weighted by molar-refractivity contribution is 5.08. The SMILES string of the molecule is CC(NCCCn1ccnn1)c1cnn(C)c1. The number of hydrogen-bond acceptors (Lipinski definition) is 4. The van der Waals surface area contributed by atoms with Crippen LogP contribution >= 0.6 is 0 Å². The highest BCUT2D eigenvalue weighted by Gasteiger charge is 2.05. The second-order valence-corrected chi connectivity index (χ2v) is 4.14. The molecule has 1 N–H and O–H groups in total. The van der Waals surface area contributed by atoms with Gasteiger partial charge in [-0.05, 0) is 19.9 Å². The summed E-state index contributed by atoms with van der Waals surface area (Å²) < 4.78 is 3.67. The minimum atomic E-state index is 0.333. The number of nitrogens with zero attached hydrogens (tertiary/aromatic N) is 5. The van der Waals surface area contributed by atoms with Gasteiger partial charge in [-0.25, -0.2) is 0 Å². The lowest BCUT2D eigenvalue weighted by atomic mass is 10.2. The monoisotopic (exact) mass is 234 g/mol. The van der Waals surface area contributed by atoms with Gasteiger partial charge in [-0.1, -0.05) is 5.21 Å². The predicted molar refractivity (Wildman–Crippen MR) is 64.3 cm³/mol. The van der Waals surface area contributed by atoms with Crippen LogP contribution in [0.4, 0.5) is 0 Å². The fraction of sp³-hybridized carbons (Fsp3) is 0.545. The van der Waals surface area contributed by atoms with E-state index < -0.39 is 0 Å². The summed E-state index contributed by atoms with van der Waals surface area (Å²) in [4.78, 5) is 0. The second kappa shape index (κ2) is 5.58. The molecule has 1 unspecified atom stereocenters. The summed E-state index contributed by atoms with van der Waals surface area (Å²) in [5.41, 5.74) is 1.22. The molecule has 2 aromatic rings. The van der Waals surface area contributed by atoms with E-state index in [1.165, 1.54) is 5.56 Å². The Balaban J connectivity index is 1.68. The van der Waals surface area contributed by atoms with E-state index in [1.807, 2.05) is 35.0 Å². The molecule has 0 amide bonds. The molecule has 1 atom stereocenters. The molecule has 0 fully saturated rings. The van der Waals surface area contributed by atoms with E-state index in [2.05, 4.69) is 27.7 Å². The van der Waals surface area contributed by atoms with Crippen LogP contribution in [-0.2, 0) is 13.6 Å². The summed E-state index contributed by atoms with van der Waals surface area (Å²) in [7, 11) is 1.93. The molecule has 0 radical (unpaired) electrons. The van der Waals surface area contributed by atoms with Gasteiger partial charge in [-0.3, -0.25) is 9.36 Å². The first kappa shape index (κ1) is 11.8. The standard InChI is InChI=1S/C11H18N6/c1-10(11-8-14-16(2)9-11)12-4-3-6-17-7-5-13-15-17/h5,7-10,12H,3-4,6H2,1-2H3. The highest BCUT2D eigenvalue weighted by Crippen LogP contribution is 2.09. The lowest BCUT2D eigenvalue weighted by molar-refractivity contribution is 0.499. The van der Waals surface area contributed by atoms with Crippen LogP contribution in [0.25, 0.3) is 0 Å². The molecule has 0 bridgehead atoms. The molecule has 2 aromatic heterocycles. The number of nitrogens with one attached hydrogen (secondary N) is 1. The van der Waals surface area contributed by atoms with E-state index in [1.54, 1.807) is 6.20 Å². The van der Waals surface area contributed by atoms with Crippen LogP contribution in [0.2, 0.25) is 0 Å². The Morgan fingerprint density at radius 1 is 1.47 bits per heavy atom. The molecule has 0 spiro atoms. The van der Waals surface area contributed by atoms with E-state index in [4.69, 9.17) is 0 Å². The lowest BCUT2D eigenvalue weighted by Gasteiger charge is -2.11. The van der Waals surface area contributed by atoms with Crippen molar-refractivity contribution < 1.29 is 0 Å². The maximum Gasteiger partial charge on any atom is 0.0692 e. The minimum Gasteiger partial charge on any atom is -0.310 e. The summed E-state index contributed by atoms with van der Waals surface area (Å²) in [6.07, 6.45) is 8.55. The topological polar surface area (TPSA) is 60.6 Å². The van der Waals surface area contributed by atoms with E-state index in [-0.39, 0.29) is 0 Å². The van der Waals surface area contributed by atoms with Crippen molar-refractivity contribution >= 4 is 0 Å². The molecule has 0 aliphatic heterocycles. The van der Waals surface area contributed by atoms with Gasteiger partial charge in [-0.2, -0.15) is 5.10 Å². The summed E-state index contributed by atoms with van der Waals surface area (Å²) in [6.45, 7) is 4.00. The van der Waals surface area contributed by atoms with Gasteiger partial charge in [-0.15, -0.1) is 5.10 Å². The fourth-order valence-corrected chi connectivity index (χ4v) is 1.69. The zero-order valence-electron chi connectivity index (χ0n) is 10.2. The van der Waals surface area contributed by atoms with Crippen molar-refractivity contribution in [1.29, 1.82) is 0 Å². The largest absolute Gasteiger partial charge is 0.310 e. The van der Waals surface area contributed by atoms with Gasteiger partial charge in [0.1, 0.15) is 0 Å². The quantitative estimate of drug-likeness (QED) is 0.749. The van der Waals surface area contributed by atoms with Gasteiger partial charge in [0.15, 0.2) is 0 Å². The van der Waals surface area contributed by atoms with Crippen LogP contribution in [0.3, 0.4) is 0 Å². The molecule has 2 rings (SSSR count).